The Morgan fingerprint density at radius 2 is 2.09 bits per heavy atom. The minimum Gasteiger partial charge on any atom is -0.461 e. The summed E-state index contributed by atoms with van der Waals surface area (Å²) in [4.78, 5) is 36.2. The van der Waals surface area contributed by atoms with E-state index < -0.39 is 48.4 Å². The van der Waals surface area contributed by atoms with Crippen molar-refractivity contribution in [2.75, 3.05) is 6.61 Å². The zero-order chi connectivity index (χ0) is 16.4. The van der Waals surface area contributed by atoms with Crippen LogP contribution in [0, 0.1) is 0 Å². The van der Waals surface area contributed by atoms with E-state index in [1.165, 1.54) is 0 Å². The molecular weight excluding hydrogens is 300 g/mol. The number of hydrogen-bond acceptors (Lipinski definition) is 8. The molecule has 4 N–H and O–H groups in total. The van der Waals surface area contributed by atoms with Crippen molar-refractivity contribution in [3.8, 4) is 0 Å². The maximum atomic E-state index is 11.8. The second-order valence-corrected chi connectivity index (χ2v) is 4.83. The first-order valence-electron chi connectivity index (χ1n) is 6.45. The van der Waals surface area contributed by atoms with Crippen molar-refractivity contribution < 1.29 is 29.6 Å². The third-order valence-electron chi connectivity index (χ3n) is 3.26. The van der Waals surface area contributed by atoms with Crippen LogP contribution >= 0.6 is 0 Å². The van der Waals surface area contributed by atoms with E-state index in [9.17, 15) is 24.6 Å². The number of carbonyl (C=O) groups excluding carboxylic acids is 1. The van der Waals surface area contributed by atoms with Crippen LogP contribution in [-0.2, 0) is 20.9 Å². The van der Waals surface area contributed by atoms with Crippen LogP contribution in [0.25, 0.3) is 0 Å². The minimum absolute atomic E-state index is 0.0347. The van der Waals surface area contributed by atoms with E-state index in [2.05, 4.69) is 4.74 Å². The first kappa shape index (κ1) is 16.4. The molecule has 2 rings (SSSR count). The van der Waals surface area contributed by atoms with Crippen LogP contribution in [0.3, 0.4) is 0 Å². The minimum atomic E-state index is -1.47. The van der Waals surface area contributed by atoms with Crippen LogP contribution in [0.15, 0.2) is 15.8 Å². The Morgan fingerprint density at radius 1 is 1.41 bits per heavy atom. The molecule has 0 radical (unpaired) electrons. The van der Waals surface area contributed by atoms with Gasteiger partial charge < -0.3 is 24.8 Å². The lowest BCUT2D eigenvalue weighted by molar-refractivity contribution is -0.142. The smallest absolute Gasteiger partial charge is 0.330 e. The van der Waals surface area contributed by atoms with E-state index in [4.69, 9.17) is 9.84 Å². The average Bonchev–Trinajstić information content (AvgIpc) is 2.74. The number of aromatic nitrogens is 2. The molecule has 1 fully saturated rings. The van der Waals surface area contributed by atoms with E-state index in [1.54, 1.807) is 0 Å². The van der Waals surface area contributed by atoms with E-state index in [-0.39, 0.29) is 12.2 Å². The first-order chi connectivity index (χ1) is 10.3. The zero-order valence-corrected chi connectivity index (χ0v) is 11.6. The Hall–Kier alpha value is -2.01. The topological polar surface area (TPSA) is 151 Å². The van der Waals surface area contributed by atoms with Gasteiger partial charge in [0.1, 0.15) is 24.9 Å². The van der Waals surface area contributed by atoms with Crippen molar-refractivity contribution in [3.05, 3.63) is 32.6 Å². The number of ether oxygens (including phenoxy) is 2. The zero-order valence-electron chi connectivity index (χ0n) is 11.6. The number of aliphatic hydroxyl groups is 3. The lowest BCUT2D eigenvalue weighted by atomic mass is 10.1. The quantitative estimate of drug-likeness (QED) is 0.435. The summed E-state index contributed by atoms with van der Waals surface area (Å²) in [7, 11) is 0. The van der Waals surface area contributed by atoms with Crippen molar-refractivity contribution in [1.82, 2.24) is 9.55 Å². The second-order valence-electron chi connectivity index (χ2n) is 4.83. The van der Waals surface area contributed by atoms with Crippen LogP contribution in [-0.4, -0.2) is 55.8 Å². The molecule has 2 heterocycles. The van der Waals surface area contributed by atoms with Gasteiger partial charge >= 0.3 is 11.7 Å². The number of carbonyl (C=O) groups is 1. The largest absolute Gasteiger partial charge is 0.461 e. The molecule has 0 bridgehead atoms. The Labute approximate surface area is 123 Å². The molecule has 22 heavy (non-hydrogen) atoms. The van der Waals surface area contributed by atoms with Gasteiger partial charge in [-0.25, -0.2) is 4.79 Å². The predicted octanol–water partition coefficient (Wildman–Crippen LogP) is -2.79. The highest BCUT2D eigenvalue weighted by molar-refractivity contribution is 5.65. The van der Waals surface area contributed by atoms with Crippen LogP contribution in [0.4, 0.5) is 0 Å². The molecule has 1 aromatic rings. The second kappa shape index (κ2) is 6.40. The van der Waals surface area contributed by atoms with Gasteiger partial charge in [0.25, 0.3) is 5.56 Å². The molecule has 1 aliphatic heterocycles. The summed E-state index contributed by atoms with van der Waals surface area (Å²) in [6, 6.07) is 0. The molecule has 0 amide bonds. The molecule has 1 saturated heterocycles. The normalized spacial score (nSPS) is 27.8. The SMILES string of the molecule is CC(=O)OCc1cn([C@@H]2O[C@H](CO)C(O)C2O)c(=O)[nH]c1=O. The van der Waals surface area contributed by atoms with Crippen molar-refractivity contribution in [2.24, 2.45) is 0 Å². The van der Waals surface area contributed by atoms with Gasteiger partial charge in [0.15, 0.2) is 6.23 Å². The van der Waals surface area contributed by atoms with E-state index >= 15 is 0 Å². The summed E-state index contributed by atoms with van der Waals surface area (Å²) in [5, 5.41) is 28.6. The third-order valence-corrected chi connectivity index (χ3v) is 3.26. The molecule has 10 nitrogen and oxygen atoms in total. The van der Waals surface area contributed by atoms with Crippen molar-refractivity contribution in [1.29, 1.82) is 0 Å². The van der Waals surface area contributed by atoms with Gasteiger partial charge in [0.05, 0.1) is 12.2 Å². The summed E-state index contributed by atoms with van der Waals surface area (Å²) in [6.07, 6.45) is -4.12. The lowest BCUT2D eigenvalue weighted by Gasteiger charge is -2.17. The molecule has 2 unspecified atom stereocenters. The molecular formula is C12H16N2O8. The summed E-state index contributed by atoms with van der Waals surface area (Å²) < 4.78 is 10.8. The number of nitrogens with one attached hydrogen (secondary N) is 1. The molecule has 0 spiro atoms. The molecule has 0 saturated carbocycles. The lowest BCUT2D eigenvalue weighted by Crippen LogP contribution is -2.39. The van der Waals surface area contributed by atoms with E-state index in [1.807, 2.05) is 4.98 Å². The molecule has 4 atom stereocenters. The fourth-order valence-corrected chi connectivity index (χ4v) is 2.11. The van der Waals surface area contributed by atoms with Crippen LogP contribution < -0.4 is 11.2 Å². The van der Waals surface area contributed by atoms with E-state index in [0.717, 1.165) is 17.7 Å². The number of aromatic amines is 1. The monoisotopic (exact) mass is 316 g/mol. The van der Waals surface area contributed by atoms with Gasteiger partial charge in [0, 0.05) is 13.1 Å². The number of nitrogens with zero attached hydrogens (tertiary/aromatic N) is 1. The average molecular weight is 316 g/mol. The number of aliphatic hydroxyl groups excluding tert-OH is 3. The molecule has 10 heteroatoms. The molecule has 0 aliphatic carbocycles. The molecule has 122 valence electrons. The van der Waals surface area contributed by atoms with Gasteiger partial charge in [0.2, 0.25) is 0 Å². The van der Waals surface area contributed by atoms with Gasteiger partial charge in [-0.2, -0.15) is 0 Å². The fourth-order valence-electron chi connectivity index (χ4n) is 2.11. The summed E-state index contributed by atoms with van der Waals surface area (Å²) in [5.74, 6) is -0.606. The van der Waals surface area contributed by atoms with Crippen LogP contribution in [0.2, 0.25) is 0 Å². The standard InChI is InChI=1S/C12H16N2O8/c1-5(16)21-4-6-2-14(12(20)13-10(6)19)11-9(18)8(17)7(3-15)22-11/h2,7-9,11,15,17-18H,3-4H2,1H3,(H,13,19,20)/t7-,8?,9?,11-/m1/s1. The Kier molecular flexibility index (Phi) is 4.76. The van der Waals surface area contributed by atoms with Gasteiger partial charge in [-0.05, 0) is 0 Å². The van der Waals surface area contributed by atoms with Crippen molar-refractivity contribution >= 4 is 5.97 Å². The van der Waals surface area contributed by atoms with E-state index in [0.29, 0.717) is 0 Å². The van der Waals surface area contributed by atoms with Crippen molar-refractivity contribution in [3.63, 3.8) is 0 Å². The highest BCUT2D eigenvalue weighted by Gasteiger charge is 2.43. The number of esters is 1. The molecule has 1 aliphatic rings. The highest BCUT2D eigenvalue weighted by Crippen LogP contribution is 2.27. The maximum absolute atomic E-state index is 11.8. The maximum Gasteiger partial charge on any atom is 0.330 e. The Bertz CT molecular complexity index is 666. The third kappa shape index (κ3) is 3.09. The summed E-state index contributed by atoms with van der Waals surface area (Å²) in [5.41, 5.74) is -1.65. The van der Waals surface area contributed by atoms with Gasteiger partial charge in [-0.15, -0.1) is 0 Å². The van der Waals surface area contributed by atoms with Gasteiger partial charge in [-0.3, -0.25) is 19.1 Å². The predicted molar refractivity (Wildman–Crippen MR) is 69.8 cm³/mol. The molecule has 1 aromatic heterocycles. The fraction of sp³-hybridized carbons (Fsp3) is 0.583. The van der Waals surface area contributed by atoms with Crippen LogP contribution in [0.1, 0.15) is 18.7 Å². The van der Waals surface area contributed by atoms with Crippen LogP contribution in [0.5, 0.6) is 0 Å². The summed E-state index contributed by atoms with van der Waals surface area (Å²) >= 11 is 0. The Balaban J connectivity index is 2.35. The number of rotatable bonds is 4. The van der Waals surface area contributed by atoms with Crippen molar-refractivity contribution in [2.45, 2.75) is 38.1 Å². The number of hydrogen-bond donors (Lipinski definition) is 4. The highest BCUT2D eigenvalue weighted by atomic mass is 16.6. The Morgan fingerprint density at radius 3 is 2.64 bits per heavy atom. The molecule has 0 aromatic carbocycles. The summed E-state index contributed by atoms with van der Waals surface area (Å²) in [6.45, 7) is 0.253. The number of H-pyrrole nitrogens is 1. The van der Waals surface area contributed by atoms with Gasteiger partial charge in [-0.1, -0.05) is 0 Å². The first-order valence-corrected chi connectivity index (χ1v) is 6.45.